The first-order valence-corrected chi connectivity index (χ1v) is 9.71. The Morgan fingerprint density at radius 3 is 2.43 bits per heavy atom. The van der Waals surface area contributed by atoms with Crippen LogP contribution in [0.15, 0.2) is 35.2 Å². The van der Waals surface area contributed by atoms with Crippen LogP contribution in [0.4, 0.5) is 5.82 Å². The van der Waals surface area contributed by atoms with Crippen LogP contribution < -0.4 is 5.32 Å². The number of nitrogens with one attached hydrogen (secondary N) is 1. The standard InChI is InChI=1S/C16H18ClN3O2S/c1-10(11-5-7-13(8-6-11)23(2,21)22)18-15-9-14(17)19-16(20-15)12-3-4-12/h5-10,12H,3-4H2,1-2H3,(H,18,19,20). The smallest absolute Gasteiger partial charge is 0.175 e. The molecule has 0 spiro atoms. The molecule has 23 heavy (non-hydrogen) atoms. The highest BCUT2D eigenvalue weighted by molar-refractivity contribution is 7.90. The van der Waals surface area contributed by atoms with Gasteiger partial charge in [0.25, 0.3) is 0 Å². The van der Waals surface area contributed by atoms with E-state index in [-0.39, 0.29) is 6.04 Å². The second-order valence-electron chi connectivity index (χ2n) is 5.92. The summed E-state index contributed by atoms with van der Waals surface area (Å²) in [4.78, 5) is 9.09. The van der Waals surface area contributed by atoms with Gasteiger partial charge < -0.3 is 5.32 Å². The largest absolute Gasteiger partial charge is 0.363 e. The molecule has 0 bridgehead atoms. The van der Waals surface area contributed by atoms with Gasteiger partial charge in [-0.1, -0.05) is 23.7 Å². The predicted octanol–water partition coefficient (Wildman–Crippen LogP) is 3.58. The summed E-state index contributed by atoms with van der Waals surface area (Å²) in [5.41, 5.74) is 0.972. The Labute approximate surface area is 141 Å². The molecule has 3 rings (SSSR count). The van der Waals surface area contributed by atoms with Gasteiger partial charge in [-0.2, -0.15) is 0 Å². The summed E-state index contributed by atoms with van der Waals surface area (Å²) in [7, 11) is -3.18. The molecule has 7 heteroatoms. The lowest BCUT2D eigenvalue weighted by molar-refractivity contribution is 0.602. The number of hydrogen-bond acceptors (Lipinski definition) is 5. The van der Waals surface area contributed by atoms with Crippen molar-refractivity contribution in [3.05, 3.63) is 46.9 Å². The van der Waals surface area contributed by atoms with Crippen LogP contribution in [0.25, 0.3) is 0 Å². The lowest BCUT2D eigenvalue weighted by Gasteiger charge is -2.16. The molecule has 1 aromatic heterocycles. The molecule has 0 radical (unpaired) electrons. The molecule has 0 saturated heterocycles. The number of benzene rings is 1. The maximum atomic E-state index is 11.5. The van der Waals surface area contributed by atoms with Crippen LogP contribution >= 0.6 is 11.6 Å². The molecule has 1 aromatic carbocycles. The van der Waals surface area contributed by atoms with E-state index in [0.717, 1.165) is 24.2 Å². The Morgan fingerprint density at radius 2 is 1.87 bits per heavy atom. The fourth-order valence-electron chi connectivity index (χ4n) is 2.34. The summed E-state index contributed by atoms with van der Waals surface area (Å²) in [6.45, 7) is 1.99. The van der Waals surface area contributed by atoms with Crippen LogP contribution in [0.1, 0.15) is 43.1 Å². The zero-order valence-corrected chi connectivity index (χ0v) is 14.5. The Bertz CT molecular complexity index is 818. The average Bonchev–Trinajstić information content (AvgIpc) is 3.30. The minimum Gasteiger partial charge on any atom is -0.363 e. The van der Waals surface area contributed by atoms with Crippen LogP contribution in [0.3, 0.4) is 0 Å². The van der Waals surface area contributed by atoms with Gasteiger partial charge in [0.2, 0.25) is 0 Å². The number of rotatable bonds is 5. The lowest BCUT2D eigenvalue weighted by atomic mass is 10.1. The van der Waals surface area contributed by atoms with E-state index < -0.39 is 9.84 Å². The number of hydrogen-bond donors (Lipinski definition) is 1. The Balaban J connectivity index is 1.77. The molecule has 1 saturated carbocycles. The van der Waals surface area contributed by atoms with E-state index in [0.29, 0.717) is 21.8 Å². The number of aromatic nitrogens is 2. The molecule has 1 fully saturated rings. The molecule has 1 unspecified atom stereocenters. The van der Waals surface area contributed by atoms with Crippen molar-refractivity contribution < 1.29 is 8.42 Å². The summed E-state index contributed by atoms with van der Waals surface area (Å²) in [6.07, 6.45) is 3.43. The Morgan fingerprint density at radius 1 is 1.22 bits per heavy atom. The van der Waals surface area contributed by atoms with Crippen molar-refractivity contribution in [3.8, 4) is 0 Å². The zero-order chi connectivity index (χ0) is 16.6. The average molecular weight is 352 g/mol. The van der Waals surface area contributed by atoms with Crippen LogP contribution in [0, 0.1) is 0 Å². The molecule has 122 valence electrons. The van der Waals surface area contributed by atoms with Crippen molar-refractivity contribution in [2.24, 2.45) is 0 Å². The number of nitrogens with zero attached hydrogens (tertiary/aromatic N) is 2. The molecule has 2 aromatic rings. The van der Waals surface area contributed by atoms with E-state index >= 15 is 0 Å². The molecule has 0 aliphatic heterocycles. The van der Waals surface area contributed by atoms with Crippen molar-refractivity contribution >= 4 is 27.3 Å². The number of halogens is 1. The normalized spacial score (nSPS) is 16.1. The molecular formula is C16H18ClN3O2S. The maximum absolute atomic E-state index is 11.5. The fraction of sp³-hybridized carbons (Fsp3) is 0.375. The van der Waals surface area contributed by atoms with Gasteiger partial charge >= 0.3 is 0 Å². The Kier molecular flexibility index (Phi) is 4.29. The first-order chi connectivity index (χ1) is 10.8. The van der Waals surface area contributed by atoms with Crippen LogP contribution in [0.2, 0.25) is 5.15 Å². The number of sulfone groups is 1. The van der Waals surface area contributed by atoms with Gasteiger partial charge in [0.15, 0.2) is 9.84 Å². The summed E-state index contributed by atoms with van der Waals surface area (Å²) in [6, 6.07) is 8.52. The lowest BCUT2D eigenvalue weighted by Crippen LogP contribution is -2.09. The van der Waals surface area contributed by atoms with Gasteiger partial charge in [-0.05, 0) is 37.5 Å². The van der Waals surface area contributed by atoms with Crippen LogP contribution in [0.5, 0.6) is 0 Å². The van der Waals surface area contributed by atoms with E-state index in [2.05, 4.69) is 15.3 Å². The van der Waals surface area contributed by atoms with E-state index in [1.54, 1.807) is 30.3 Å². The molecule has 0 amide bonds. The monoisotopic (exact) mass is 351 g/mol. The maximum Gasteiger partial charge on any atom is 0.175 e. The quantitative estimate of drug-likeness (QED) is 0.833. The van der Waals surface area contributed by atoms with E-state index in [1.165, 1.54) is 6.26 Å². The van der Waals surface area contributed by atoms with Gasteiger partial charge in [-0.3, -0.25) is 0 Å². The first kappa shape index (κ1) is 16.2. The van der Waals surface area contributed by atoms with E-state index in [1.807, 2.05) is 6.92 Å². The third kappa shape index (κ3) is 4.00. The molecule has 5 nitrogen and oxygen atoms in total. The summed E-state index contributed by atoms with van der Waals surface area (Å²) >= 11 is 6.06. The third-order valence-electron chi connectivity index (χ3n) is 3.83. The second kappa shape index (κ2) is 6.09. The highest BCUT2D eigenvalue weighted by Crippen LogP contribution is 2.39. The van der Waals surface area contributed by atoms with Crippen LogP contribution in [-0.2, 0) is 9.84 Å². The summed E-state index contributed by atoms with van der Waals surface area (Å²) in [5.74, 6) is 1.91. The van der Waals surface area contributed by atoms with Gasteiger partial charge in [0, 0.05) is 24.3 Å². The zero-order valence-electron chi connectivity index (χ0n) is 13.0. The minimum atomic E-state index is -3.18. The summed E-state index contributed by atoms with van der Waals surface area (Å²) in [5, 5.41) is 3.73. The van der Waals surface area contributed by atoms with Crippen molar-refractivity contribution in [3.63, 3.8) is 0 Å². The minimum absolute atomic E-state index is 0.0263. The molecule has 1 aliphatic rings. The molecule has 1 heterocycles. The topological polar surface area (TPSA) is 72.0 Å². The van der Waals surface area contributed by atoms with E-state index in [4.69, 9.17) is 11.6 Å². The fourth-order valence-corrected chi connectivity index (χ4v) is 3.16. The van der Waals surface area contributed by atoms with Gasteiger partial charge in [-0.15, -0.1) is 0 Å². The van der Waals surface area contributed by atoms with E-state index in [9.17, 15) is 8.42 Å². The van der Waals surface area contributed by atoms with Crippen molar-refractivity contribution in [2.75, 3.05) is 11.6 Å². The number of anilines is 1. The molecule has 1 atom stereocenters. The highest BCUT2D eigenvalue weighted by Gasteiger charge is 2.27. The van der Waals surface area contributed by atoms with Crippen molar-refractivity contribution in [1.82, 2.24) is 9.97 Å². The second-order valence-corrected chi connectivity index (χ2v) is 8.32. The van der Waals surface area contributed by atoms with Crippen molar-refractivity contribution in [2.45, 2.75) is 36.6 Å². The first-order valence-electron chi connectivity index (χ1n) is 7.44. The Hall–Kier alpha value is -1.66. The predicted molar refractivity (Wildman–Crippen MR) is 90.6 cm³/mol. The summed E-state index contributed by atoms with van der Waals surface area (Å²) < 4.78 is 23.0. The van der Waals surface area contributed by atoms with Crippen molar-refractivity contribution in [1.29, 1.82) is 0 Å². The molecular weight excluding hydrogens is 334 g/mol. The molecule has 1 N–H and O–H groups in total. The molecule has 1 aliphatic carbocycles. The van der Waals surface area contributed by atoms with Gasteiger partial charge in [-0.25, -0.2) is 18.4 Å². The van der Waals surface area contributed by atoms with Crippen LogP contribution in [-0.4, -0.2) is 24.6 Å². The third-order valence-corrected chi connectivity index (χ3v) is 5.15. The van der Waals surface area contributed by atoms with Gasteiger partial charge in [0.05, 0.1) is 4.90 Å². The van der Waals surface area contributed by atoms with Gasteiger partial charge in [0.1, 0.15) is 16.8 Å². The highest BCUT2D eigenvalue weighted by atomic mass is 35.5. The SMILES string of the molecule is CC(Nc1cc(Cl)nc(C2CC2)n1)c1ccc(S(C)(=O)=O)cc1.